The Balaban J connectivity index is 1.19. The molecule has 5 heteroatoms. The van der Waals surface area contributed by atoms with Crippen molar-refractivity contribution >= 4 is 19.8 Å². The van der Waals surface area contributed by atoms with Crippen molar-refractivity contribution in [2.24, 2.45) is 5.92 Å². The molecule has 44 heavy (non-hydrogen) atoms. The molecule has 1 unspecified atom stereocenters. The average Bonchev–Trinajstić information content (AvgIpc) is 3.08. The first-order chi connectivity index (χ1) is 21.7. The molecular formula is C39H46B2N3. The monoisotopic (exact) mass is 578 g/mol. The Morgan fingerprint density at radius 2 is 2.00 bits per heavy atom. The van der Waals surface area contributed by atoms with Gasteiger partial charge in [-0.25, -0.2) is 0 Å². The van der Waals surface area contributed by atoms with Crippen molar-refractivity contribution in [3.63, 3.8) is 0 Å². The van der Waals surface area contributed by atoms with E-state index in [1.165, 1.54) is 39.3 Å². The molecule has 1 radical (unpaired) electrons. The Bertz CT molecular complexity index is 1490. The molecule has 3 nitrogen and oxygen atoms in total. The molecule has 0 aromatic carbocycles. The normalized spacial score (nSPS) is 23.4. The molecule has 1 N–H and O–H groups in total. The SMILES string of the molecule is C/C=C(\CNCC1=CCC([B]CC)C#C1)C1=CC=C(/C(C#N)=C/[C@H]2CC=C(N(C3=BCC=CC3)C3=CCCC=C3)CC2)CC1. The van der Waals surface area contributed by atoms with E-state index in [0.717, 1.165) is 89.1 Å². The number of nitriles is 1. The molecule has 1 aliphatic heterocycles. The van der Waals surface area contributed by atoms with Crippen molar-refractivity contribution < 1.29 is 0 Å². The summed E-state index contributed by atoms with van der Waals surface area (Å²) in [5.41, 5.74) is 10.1. The van der Waals surface area contributed by atoms with Crippen LogP contribution in [0.1, 0.15) is 71.6 Å². The number of hydrogen-bond acceptors (Lipinski definition) is 3. The summed E-state index contributed by atoms with van der Waals surface area (Å²) >= 11 is 0. The van der Waals surface area contributed by atoms with Gasteiger partial charge in [-0.1, -0.05) is 31.3 Å². The van der Waals surface area contributed by atoms with Crippen LogP contribution in [0.2, 0.25) is 18.5 Å². The molecule has 1 heterocycles. The van der Waals surface area contributed by atoms with Crippen molar-refractivity contribution in [2.75, 3.05) is 13.1 Å². The zero-order chi connectivity index (χ0) is 30.6. The number of hydrogen-bond donors (Lipinski definition) is 1. The zero-order valence-electron chi connectivity index (χ0n) is 26.7. The van der Waals surface area contributed by atoms with Crippen LogP contribution in [0, 0.1) is 29.1 Å². The fraction of sp³-hybridized carbons (Fsp3) is 0.436. The molecule has 0 bridgehead atoms. The van der Waals surface area contributed by atoms with Gasteiger partial charge in [0, 0.05) is 18.7 Å². The predicted molar refractivity (Wildman–Crippen MR) is 189 cm³/mol. The maximum absolute atomic E-state index is 10.1. The topological polar surface area (TPSA) is 39.1 Å². The third-order valence-corrected chi connectivity index (χ3v) is 9.19. The molecule has 2 atom stereocenters. The van der Waals surface area contributed by atoms with E-state index in [0.29, 0.717) is 11.7 Å². The summed E-state index contributed by atoms with van der Waals surface area (Å²) in [7, 11) is 2.30. The second-order valence-electron chi connectivity index (χ2n) is 12.3. The van der Waals surface area contributed by atoms with Crippen LogP contribution < -0.4 is 5.32 Å². The molecule has 0 spiro atoms. The first-order valence-corrected chi connectivity index (χ1v) is 16.8. The van der Waals surface area contributed by atoms with E-state index in [9.17, 15) is 5.26 Å². The first-order valence-electron chi connectivity index (χ1n) is 16.8. The molecule has 0 saturated carbocycles. The van der Waals surface area contributed by atoms with E-state index in [1.54, 1.807) is 0 Å². The van der Waals surface area contributed by atoms with Gasteiger partial charge in [-0.15, -0.1) is 5.92 Å². The van der Waals surface area contributed by atoms with E-state index in [2.05, 4.69) is 123 Å². The summed E-state index contributed by atoms with van der Waals surface area (Å²) < 4.78 is 0. The summed E-state index contributed by atoms with van der Waals surface area (Å²) in [5.74, 6) is 7.53. The number of rotatable bonds is 12. The van der Waals surface area contributed by atoms with Gasteiger partial charge in [-0.2, -0.15) is 0 Å². The summed E-state index contributed by atoms with van der Waals surface area (Å²) in [6, 6.07) is 2.55. The van der Waals surface area contributed by atoms with Crippen molar-refractivity contribution in [1.29, 1.82) is 5.26 Å². The third kappa shape index (κ3) is 8.55. The molecular weight excluding hydrogens is 532 g/mol. The van der Waals surface area contributed by atoms with Crippen LogP contribution in [0.4, 0.5) is 0 Å². The molecule has 5 aliphatic rings. The predicted octanol–water partition coefficient (Wildman–Crippen LogP) is 8.32. The number of allylic oxidation sites excluding steroid dienone is 13. The van der Waals surface area contributed by atoms with Crippen molar-refractivity contribution in [3.8, 4) is 17.9 Å². The number of nitrogens with one attached hydrogen (secondary N) is 1. The van der Waals surface area contributed by atoms with Gasteiger partial charge in [0.05, 0.1) is 0 Å². The maximum atomic E-state index is 10.1. The van der Waals surface area contributed by atoms with Gasteiger partial charge in [-0.05, 0) is 24.7 Å². The fourth-order valence-electron chi connectivity index (χ4n) is 6.68. The average molecular weight is 578 g/mol. The van der Waals surface area contributed by atoms with Crippen LogP contribution in [0.25, 0.3) is 0 Å². The molecule has 0 saturated heterocycles. The molecule has 0 aromatic heterocycles. The van der Waals surface area contributed by atoms with Crippen LogP contribution in [-0.2, 0) is 0 Å². The zero-order valence-corrected chi connectivity index (χ0v) is 26.7. The first kappa shape index (κ1) is 31.9. The summed E-state index contributed by atoms with van der Waals surface area (Å²) in [5, 5.41) is 13.7. The van der Waals surface area contributed by atoms with Crippen LogP contribution in [0.5, 0.6) is 0 Å². The van der Waals surface area contributed by atoms with Crippen molar-refractivity contribution in [1.82, 2.24) is 10.2 Å². The van der Waals surface area contributed by atoms with Gasteiger partial charge >= 0.3 is 175 Å². The molecule has 0 amide bonds. The van der Waals surface area contributed by atoms with E-state index in [-0.39, 0.29) is 0 Å². The summed E-state index contributed by atoms with van der Waals surface area (Å²) in [6.45, 7) is 8.33. The van der Waals surface area contributed by atoms with Gasteiger partial charge in [-0.3, -0.25) is 0 Å². The Morgan fingerprint density at radius 1 is 1.11 bits per heavy atom. The second kappa shape index (κ2) is 16.5. The van der Waals surface area contributed by atoms with Gasteiger partial charge < -0.3 is 5.32 Å². The van der Waals surface area contributed by atoms with Gasteiger partial charge in [0.1, 0.15) is 7.28 Å². The van der Waals surface area contributed by atoms with E-state index in [1.807, 2.05) is 0 Å². The van der Waals surface area contributed by atoms with Crippen LogP contribution in [0.3, 0.4) is 0 Å². The van der Waals surface area contributed by atoms with E-state index < -0.39 is 0 Å². The fourth-order valence-corrected chi connectivity index (χ4v) is 6.68. The Labute approximate surface area is 267 Å². The van der Waals surface area contributed by atoms with Crippen molar-refractivity contribution in [3.05, 3.63) is 106 Å². The minimum absolute atomic E-state index is 0.403. The standard InChI is InChI=1S/C39H46B2N3/c1-3-32(29-43-28-31-13-21-36(22-14-31)40-4-2)33-17-19-34(20-18-33)35(27-42)26-30-15-23-38(24-16-30)44(37-10-6-5-7-11-37)39-12-8-9-25-41-39/h3,6,8-11,13,17,19,23,26,30,36,43H,4-5,7,12,15-16,18,20-21,24-25,28-29H2,1-2H3/b32-3+,35-26+/t30-,36?/m0/s1. The molecule has 5 rings (SSSR count). The quantitative estimate of drug-likeness (QED) is 0.110. The Hall–Kier alpha value is -3.53. The Kier molecular flexibility index (Phi) is 12.0. The molecule has 0 aromatic rings. The van der Waals surface area contributed by atoms with Gasteiger partial charge in [0.25, 0.3) is 0 Å². The van der Waals surface area contributed by atoms with Crippen molar-refractivity contribution in [2.45, 2.75) is 90.1 Å². The Morgan fingerprint density at radius 3 is 2.64 bits per heavy atom. The van der Waals surface area contributed by atoms with Crippen LogP contribution in [0.15, 0.2) is 106 Å². The molecule has 0 fully saturated rings. The minimum atomic E-state index is 0.403. The van der Waals surface area contributed by atoms with Crippen LogP contribution in [-0.4, -0.2) is 37.8 Å². The number of nitrogens with zero attached hydrogens (tertiary/aromatic N) is 2. The van der Waals surface area contributed by atoms with Gasteiger partial charge in [0.2, 0.25) is 0 Å². The van der Waals surface area contributed by atoms with Gasteiger partial charge in [0.15, 0.2) is 0 Å². The second-order valence-corrected chi connectivity index (χ2v) is 12.3. The third-order valence-electron chi connectivity index (χ3n) is 9.19. The molecule has 223 valence electrons. The van der Waals surface area contributed by atoms with Crippen LogP contribution >= 0.6 is 0 Å². The van der Waals surface area contributed by atoms with E-state index >= 15 is 0 Å². The van der Waals surface area contributed by atoms with E-state index in [4.69, 9.17) is 0 Å². The summed E-state index contributed by atoms with van der Waals surface area (Å²) in [6.07, 6.45) is 36.5. The molecule has 4 aliphatic carbocycles. The summed E-state index contributed by atoms with van der Waals surface area (Å²) in [4.78, 5) is 2.51.